The van der Waals surface area contributed by atoms with Crippen molar-refractivity contribution in [1.82, 2.24) is 4.98 Å². The Kier molecular flexibility index (Phi) is 4.09. The molecule has 1 aliphatic heterocycles. The van der Waals surface area contributed by atoms with Crippen molar-refractivity contribution in [3.8, 4) is 5.75 Å². The van der Waals surface area contributed by atoms with E-state index in [9.17, 15) is 4.79 Å². The van der Waals surface area contributed by atoms with E-state index in [4.69, 9.17) is 4.74 Å². The Morgan fingerprint density at radius 3 is 2.50 bits per heavy atom. The van der Waals surface area contributed by atoms with Crippen LogP contribution in [0, 0.1) is 13.8 Å². The lowest BCUT2D eigenvalue weighted by atomic mass is 10.1. The van der Waals surface area contributed by atoms with Gasteiger partial charge in [-0.3, -0.25) is 0 Å². The third-order valence-electron chi connectivity index (χ3n) is 3.82. The number of carbonyl (C=O) groups excluding carboxylic acids is 1. The van der Waals surface area contributed by atoms with Crippen molar-refractivity contribution < 1.29 is 9.53 Å². The maximum absolute atomic E-state index is 12.5. The lowest BCUT2D eigenvalue weighted by Crippen LogP contribution is -2.23. The van der Waals surface area contributed by atoms with Crippen molar-refractivity contribution in [2.75, 3.05) is 18.0 Å². The second-order valence-electron chi connectivity index (χ2n) is 5.78. The molecule has 1 aromatic heterocycles. The van der Waals surface area contributed by atoms with Crippen molar-refractivity contribution in [3.63, 3.8) is 0 Å². The van der Waals surface area contributed by atoms with E-state index in [2.05, 4.69) is 16.0 Å². The lowest BCUT2D eigenvalue weighted by molar-refractivity contribution is 0.0735. The van der Waals surface area contributed by atoms with Crippen LogP contribution < -0.4 is 9.64 Å². The van der Waals surface area contributed by atoms with Gasteiger partial charge in [-0.25, -0.2) is 9.78 Å². The zero-order chi connectivity index (χ0) is 15.5. The van der Waals surface area contributed by atoms with Crippen LogP contribution >= 0.6 is 0 Å². The summed E-state index contributed by atoms with van der Waals surface area (Å²) in [7, 11) is 0. The number of pyridine rings is 1. The van der Waals surface area contributed by atoms with Crippen LogP contribution in [0.1, 0.15) is 34.3 Å². The molecule has 2 aromatic rings. The van der Waals surface area contributed by atoms with Crippen molar-refractivity contribution >= 4 is 11.8 Å². The van der Waals surface area contributed by atoms with Crippen LogP contribution in [-0.2, 0) is 0 Å². The number of esters is 1. The standard InChI is InChI=1S/C18H20N2O2/c1-13-10-14(2)12-15(11-13)22-18(21)16-6-5-7-19-17(16)20-8-3-4-9-20/h5-7,10-12H,3-4,8-9H2,1-2H3. The van der Waals surface area contributed by atoms with Gasteiger partial charge in [-0.1, -0.05) is 6.07 Å². The van der Waals surface area contributed by atoms with Gasteiger partial charge in [0, 0.05) is 19.3 Å². The molecule has 0 amide bonds. The quantitative estimate of drug-likeness (QED) is 0.642. The monoisotopic (exact) mass is 296 g/mol. The van der Waals surface area contributed by atoms with Crippen molar-refractivity contribution in [2.45, 2.75) is 26.7 Å². The van der Waals surface area contributed by atoms with E-state index in [1.54, 1.807) is 18.3 Å². The van der Waals surface area contributed by atoms with Crippen LogP contribution in [0.4, 0.5) is 5.82 Å². The highest BCUT2D eigenvalue weighted by atomic mass is 16.5. The Labute approximate surface area is 130 Å². The van der Waals surface area contributed by atoms with Gasteiger partial charge in [0.2, 0.25) is 0 Å². The molecule has 0 atom stereocenters. The fourth-order valence-electron chi connectivity index (χ4n) is 2.89. The number of anilines is 1. The minimum absolute atomic E-state index is 0.347. The number of nitrogens with zero attached hydrogens (tertiary/aromatic N) is 2. The molecule has 3 rings (SSSR count). The summed E-state index contributed by atoms with van der Waals surface area (Å²) in [5.74, 6) is 0.966. The van der Waals surface area contributed by atoms with Gasteiger partial charge >= 0.3 is 5.97 Å². The number of hydrogen-bond donors (Lipinski definition) is 0. The third kappa shape index (κ3) is 3.11. The molecule has 0 radical (unpaired) electrons. The topological polar surface area (TPSA) is 42.4 Å². The van der Waals surface area contributed by atoms with Crippen LogP contribution in [0.5, 0.6) is 5.75 Å². The average molecular weight is 296 g/mol. The number of carbonyl (C=O) groups is 1. The first-order valence-electron chi connectivity index (χ1n) is 7.64. The summed E-state index contributed by atoms with van der Waals surface area (Å²) in [6.45, 7) is 5.87. The van der Waals surface area contributed by atoms with Crippen molar-refractivity contribution in [2.24, 2.45) is 0 Å². The Balaban J connectivity index is 1.86. The Bertz CT molecular complexity index is 671. The molecule has 1 saturated heterocycles. The zero-order valence-electron chi connectivity index (χ0n) is 13.0. The molecule has 2 heterocycles. The molecule has 0 N–H and O–H groups in total. The third-order valence-corrected chi connectivity index (χ3v) is 3.82. The lowest BCUT2D eigenvalue weighted by Gasteiger charge is -2.19. The van der Waals surface area contributed by atoms with E-state index in [0.29, 0.717) is 11.3 Å². The highest BCUT2D eigenvalue weighted by Gasteiger charge is 2.21. The molecule has 114 valence electrons. The van der Waals surface area contributed by atoms with Crippen LogP contribution in [0.2, 0.25) is 0 Å². The maximum Gasteiger partial charge on any atom is 0.347 e. The molecule has 0 bridgehead atoms. The summed E-state index contributed by atoms with van der Waals surface area (Å²) < 4.78 is 5.56. The van der Waals surface area contributed by atoms with Gasteiger partial charge in [-0.15, -0.1) is 0 Å². The molecular weight excluding hydrogens is 276 g/mol. The summed E-state index contributed by atoms with van der Waals surface area (Å²) in [4.78, 5) is 19.1. The summed E-state index contributed by atoms with van der Waals surface area (Å²) in [6.07, 6.45) is 4.01. The van der Waals surface area contributed by atoms with Gasteiger partial charge in [0.15, 0.2) is 0 Å². The van der Waals surface area contributed by atoms with E-state index in [0.717, 1.165) is 42.9 Å². The molecule has 1 aromatic carbocycles. The summed E-state index contributed by atoms with van der Waals surface area (Å²) in [6, 6.07) is 9.36. The first-order valence-corrected chi connectivity index (χ1v) is 7.64. The van der Waals surface area contributed by atoms with Crippen molar-refractivity contribution in [1.29, 1.82) is 0 Å². The molecule has 0 unspecified atom stereocenters. The van der Waals surface area contributed by atoms with Gasteiger partial charge < -0.3 is 9.64 Å². The smallest absolute Gasteiger partial charge is 0.347 e. The number of hydrogen-bond acceptors (Lipinski definition) is 4. The molecule has 0 spiro atoms. The summed E-state index contributed by atoms with van der Waals surface area (Å²) >= 11 is 0. The molecule has 4 heteroatoms. The molecule has 1 aliphatic rings. The first kappa shape index (κ1) is 14.6. The zero-order valence-corrected chi connectivity index (χ0v) is 13.0. The number of aromatic nitrogens is 1. The minimum Gasteiger partial charge on any atom is -0.423 e. The average Bonchev–Trinajstić information content (AvgIpc) is 3.00. The largest absolute Gasteiger partial charge is 0.423 e. The Hall–Kier alpha value is -2.36. The van der Waals surface area contributed by atoms with Crippen LogP contribution in [0.25, 0.3) is 0 Å². The fraction of sp³-hybridized carbons (Fsp3) is 0.333. The fourth-order valence-corrected chi connectivity index (χ4v) is 2.89. The van der Waals surface area contributed by atoms with E-state index in [1.165, 1.54) is 0 Å². The van der Waals surface area contributed by atoms with Crippen molar-refractivity contribution in [3.05, 3.63) is 53.2 Å². The summed E-state index contributed by atoms with van der Waals surface area (Å²) in [5.41, 5.74) is 2.69. The molecular formula is C18H20N2O2. The number of ether oxygens (including phenoxy) is 1. The maximum atomic E-state index is 12.5. The normalized spacial score (nSPS) is 14.2. The van der Waals surface area contributed by atoms with Crippen LogP contribution in [-0.4, -0.2) is 24.0 Å². The van der Waals surface area contributed by atoms with E-state index in [-0.39, 0.29) is 5.97 Å². The van der Waals surface area contributed by atoms with Crippen LogP contribution in [0.15, 0.2) is 36.5 Å². The Morgan fingerprint density at radius 2 is 1.82 bits per heavy atom. The first-order chi connectivity index (χ1) is 10.6. The van der Waals surface area contributed by atoms with Gasteiger partial charge in [0.1, 0.15) is 17.1 Å². The predicted octanol–water partition coefficient (Wildman–Crippen LogP) is 3.52. The Morgan fingerprint density at radius 1 is 1.14 bits per heavy atom. The number of aryl methyl sites for hydroxylation is 2. The van der Waals surface area contributed by atoms with Gasteiger partial charge in [-0.05, 0) is 62.1 Å². The van der Waals surface area contributed by atoms with Gasteiger partial charge in [-0.2, -0.15) is 0 Å². The minimum atomic E-state index is -0.347. The number of rotatable bonds is 3. The van der Waals surface area contributed by atoms with E-state index < -0.39 is 0 Å². The van der Waals surface area contributed by atoms with Gasteiger partial charge in [0.25, 0.3) is 0 Å². The SMILES string of the molecule is Cc1cc(C)cc(OC(=O)c2cccnc2N2CCCC2)c1. The van der Waals surface area contributed by atoms with Crippen LogP contribution in [0.3, 0.4) is 0 Å². The van der Waals surface area contributed by atoms with E-state index in [1.807, 2.05) is 26.0 Å². The second-order valence-corrected chi connectivity index (χ2v) is 5.78. The predicted molar refractivity (Wildman–Crippen MR) is 86.6 cm³/mol. The molecule has 0 aliphatic carbocycles. The van der Waals surface area contributed by atoms with E-state index >= 15 is 0 Å². The second kappa shape index (κ2) is 6.18. The summed E-state index contributed by atoms with van der Waals surface area (Å²) in [5, 5.41) is 0. The molecule has 4 nitrogen and oxygen atoms in total. The highest BCUT2D eigenvalue weighted by Crippen LogP contribution is 2.24. The molecule has 1 fully saturated rings. The molecule has 0 saturated carbocycles. The van der Waals surface area contributed by atoms with Gasteiger partial charge in [0.05, 0.1) is 0 Å². The molecule has 22 heavy (non-hydrogen) atoms. The highest BCUT2D eigenvalue weighted by molar-refractivity contribution is 5.96. The number of benzene rings is 1.